The van der Waals surface area contributed by atoms with Gasteiger partial charge in [-0.1, -0.05) is 17.8 Å². The van der Waals surface area contributed by atoms with E-state index in [4.69, 9.17) is 0 Å². The average Bonchev–Trinajstić information content (AvgIpc) is 3.13. The molecule has 1 aliphatic rings. The minimum atomic E-state index is -1.02. The van der Waals surface area contributed by atoms with E-state index in [0.29, 0.717) is 11.2 Å². The zero-order valence-electron chi connectivity index (χ0n) is 13.0. The number of thiophene rings is 1. The van der Waals surface area contributed by atoms with Crippen molar-refractivity contribution in [2.24, 2.45) is 0 Å². The van der Waals surface area contributed by atoms with Crippen LogP contribution in [0.3, 0.4) is 0 Å². The predicted octanol–water partition coefficient (Wildman–Crippen LogP) is 4.59. The number of Topliss-reactive ketones (excluding diaryl/α,β-unsaturated/α-hetero) is 1. The van der Waals surface area contributed by atoms with Gasteiger partial charge in [0.05, 0.1) is 10.6 Å². The summed E-state index contributed by atoms with van der Waals surface area (Å²) in [6.45, 7) is 0. The second-order valence-electron chi connectivity index (χ2n) is 5.73. The van der Waals surface area contributed by atoms with Gasteiger partial charge in [0.25, 0.3) is 0 Å². The normalized spacial score (nSPS) is 14.0. The van der Waals surface area contributed by atoms with Crippen LogP contribution in [0.5, 0.6) is 0 Å². The van der Waals surface area contributed by atoms with E-state index in [2.05, 4.69) is 14.8 Å². The first-order chi connectivity index (χ1) is 12.1. The van der Waals surface area contributed by atoms with Gasteiger partial charge in [-0.3, -0.25) is 9.36 Å². The topological polar surface area (TPSA) is 47.8 Å². The molecular weight excluding hydrogens is 364 g/mol. The highest BCUT2D eigenvalue weighted by atomic mass is 32.2. The Morgan fingerprint density at radius 1 is 1.24 bits per heavy atom. The number of hydrogen-bond donors (Lipinski definition) is 0. The molecule has 4 rings (SSSR count). The van der Waals surface area contributed by atoms with Gasteiger partial charge in [0.15, 0.2) is 28.4 Å². The molecule has 0 N–H and O–H groups in total. The number of halogens is 2. The molecular formula is C17H13F2N3OS2. The standard InChI is InChI=1S/C17H13F2N3OS2/c18-12-6-3-10(8-13(12)19)14(23)9-25-17-21-20-16(15-2-1-7-24-15)22(17)11-4-5-11/h1-3,6-8,11H,4-5,9H2. The monoisotopic (exact) mass is 377 g/mol. The van der Waals surface area contributed by atoms with E-state index in [-0.39, 0.29) is 17.1 Å². The number of hydrogen-bond acceptors (Lipinski definition) is 5. The fraction of sp³-hybridized carbons (Fsp3) is 0.235. The van der Waals surface area contributed by atoms with Gasteiger partial charge in [-0.15, -0.1) is 21.5 Å². The third-order valence-electron chi connectivity index (χ3n) is 3.89. The molecule has 0 saturated heterocycles. The van der Waals surface area contributed by atoms with Crippen LogP contribution in [0.15, 0.2) is 40.9 Å². The van der Waals surface area contributed by atoms with Crippen molar-refractivity contribution in [3.63, 3.8) is 0 Å². The molecule has 0 radical (unpaired) electrons. The quantitative estimate of drug-likeness (QED) is 0.465. The average molecular weight is 377 g/mol. The maximum Gasteiger partial charge on any atom is 0.192 e. The van der Waals surface area contributed by atoms with E-state index in [9.17, 15) is 13.6 Å². The first kappa shape index (κ1) is 16.4. The van der Waals surface area contributed by atoms with Crippen LogP contribution in [0.4, 0.5) is 8.78 Å². The van der Waals surface area contributed by atoms with Crippen molar-refractivity contribution in [1.29, 1.82) is 0 Å². The number of carbonyl (C=O) groups excluding carboxylic acids is 1. The maximum atomic E-state index is 13.3. The van der Waals surface area contributed by atoms with E-state index in [1.165, 1.54) is 17.8 Å². The molecule has 128 valence electrons. The third-order valence-corrected chi connectivity index (χ3v) is 5.70. The lowest BCUT2D eigenvalue weighted by atomic mass is 10.1. The van der Waals surface area contributed by atoms with Gasteiger partial charge in [0.2, 0.25) is 0 Å². The summed E-state index contributed by atoms with van der Waals surface area (Å²) in [5, 5.41) is 11.2. The summed E-state index contributed by atoms with van der Waals surface area (Å²) in [5.41, 5.74) is 0.155. The molecule has 1 fully saturated rings. The summed E-state index contributed by atoms with van der Waals surface area (Å²) in [6, 6.07) is 7.52. The zero-order valence-corrected chi connectivity index (χ0v) is 14.6. The van der Waals surface area contributed by atoms with Crippen LogP contribution in [0, 0.1) is 11.6 Å². The predicted molar refractivity (Wildman–Crippen MR) is 93.0 cm³/mol. The molecule has 0 aliphatic heterocycles. The molecule has 1 aliphatic carbocycles. The first-order valence-corrected chi connectivity index (χ1v) is 9.60. The molecule has 4 nitrogen and oxygen atoms in total. The van der Waals surface area contributed by atoms with Crippen molar-refractivity contribution in [3.05, 3.63) is 52.9 Å². The Hall–Kier alpha value is -2.06. The number of nitrogens with zero attached hydrogens (tertiary/aromatic N) is 3. The second kappa shape index (κ2) is 6.68. The minimum absolute atomic E-state index is 0.0976. The highest BCUT2D eigenvalue weighted by molar-refractivity contribution is 7.99. The molecule has 1 saturated carbocycles. The first-order valence-electron chi connectivity index (χ1n) is 7.73. The Labute approximate surface area is 150 Å². The van der Waals surface area contributed by atoms with Gasteiger partial charge >= 0.3 is 0 Å². The zero-order chi connectivity index (χ0) is 17.4. The lowest BCUT2D eigenvalue weighted by Crippen LogP contribution is -2.06. The smallest absolute Gasteiger partial charge is 0.192 e. The number of ketones is 1. The fourth-order valence-corrected chi connectivity index (χ4v) is 4.10. The minimum Gasteiger partial charge on any atom is -0.298 e. The van der Waals surface area contributed by atoms with Gasteiger partial charge in [-0.05, 0) is 42.5 Å². The van der Waals surface area contributed by atoms with Crippen molar-refractivity contribution < 1.29 is 13.6 Å². The van der Waals surface area contributed by atoms with E-state index >= 15 is 0 Å². The summed E-state index contributed by atoms with van der Waals surface area (Å²) in [6.07, 6.45) is 2.14. The lowest BCUT2D eigenvalue weighted by Gasteiger charge is -2.07. The Morgan fingerprint density at radius 2 is 2.08 bits per heavy atom. The van der Waals surface area contributed by atoms with Crippen LogP contribution in [0.25, 0.3) is 10.7 Å². The molecule has 2 heterocycles. The van der Waals surface area contributed by atoms with Crippen LogP contribution in [0.1, 0.15) is 29.2 Å². The number of carbonyl (C=O) groups is 1. The van der Waals surface area contributed by atoms with E-state index in [1.807, 2.05) is 17.5 Å². The number of benzene rings is 1. The van der Waals surface area contributed by atoms with Crippen molar-refractivity contribution in [2.75, 3.05) is 5.75 Å². The van der Waals surface area contributed by atoms with Crippen molar-refractivity contribution in [2.45, 2.75) is 24.0 Å². The molecule has 25 heavy (non-hydrogen) atoms. The summed E-state index contributed by atoms with van der Waals surface area (Å²) < 4.78 is 28.3. The van der Waals surface area contributed by atoms with Crippen LogP contribution in [-0.2, 0) is 0 Å². The van der Waals surface area contributed by atoms with Crippen molar-refractivity contribution in [1.82, 2.24) is 14.8 Å². The largest absolute Gasteiger partial charge is 0.298 e. The van der Waals surface area contributed by atoms with E-state index in [0.717, 1.165) is 35.7 Å². The number of thioether (sulfide) groups is 1. The van der Waals surface area contributed by atoms with Gasteiger partial charge < -0.3 is 0 Å². The van der Waals surface area contributed by atoms with Gasteiger partial charge in [0.1, 0.15) is 0 Å². The Balaban J connectivity index is 1.53. The second-order valence-corrected chi connectivity index (χ2v) is 7.62. The van der Waals surface area contributed by atoms with Crippen molar-refractivity contribution in [3.8, 4) is 10.7 Å². The van der Waals surface area contributed by atoms with Crippen LogP contribution in [0.2, 0.25) is 0 Å². The van der Waals surface area contributed by atoms with Crippen LogP contribution >= 0.6 is 23.1 Å². The third kappa shape index (κ3) is 3.36. The molecule has 0 amide bonds. The molecule has 0 spiro atoms. The maximum absolute atomic E-state index is 13.3. The molecule has 1 aromatic carbocycles. The van der Waals surface area contributed by atoms with E-state index < -0.39 is 11.6 Å². The summed E-state index contributed by atoms with van der Waals surface area (Å²) in [4.78, 5) is 13.3. The highest BCUT2D eigenvalue weighted by Gasteiger charge is 2.30. The summed E-state index contributed by atoms with van der Waals surface area (Å²) in [7, 11) is 0. The van der Waals surface area contributed by atoms with Gasteiger partial charge in [-0.25, -0.2) is 8.78 Å². The Bertz CT molecular complexity index is 920. The summed E-state index contributed by atoms with van der Waals surface area (Å²) >= 11 is 2.87. The highest BCUT2D eigenvalue weighted by Crippen LogP contribution is 2.41. The Kier molecular flexibility index (Phi) is 4.39. The molecule has 0 bridgehead atoms. The van der Waals surface area contributed by atoms with Gasteiger partial charge in [-0.2, -0.15) is 0 Å². The van der Waals surface area contributed by atoms with Crippen LogP contribution in [-0.4, -0.2) is 26.3 Å². The molecule has 0 unspecified atom stereocenters. The van der Waals surface area contributed by atoms with E-state index in [1.54, 1.807) is 11.3 Å². The number of aromatic nitrogens is 3. The molecule has 8 heteroatoms. The molecule has 2 aromatic heterocycles. The summed E-state index contributed by atoms with van der Waals surface area (Å²) in [5.74, 6) is -1.33. The van der Waals surface area contributed by atoms with Gasteiger partial charge in [0, 0.05) is 11.6 Å². The Morgan fingerprint density at radius 3 is 2.76 bits per heavy atom. The van der Waals surface area contributed by atoms with Crippen molar-refractivity contribution >= 4 is 28.9 Å². The lowest BCUT2D eigenvalue weighted by molar-refractivity contribution is 0.102. The SMILES string of the molecule is O=C(CSc1nnc(-c2cccs2)n1C1CC1)c1ccc(F)c(F)c1. The fourth-order valence-electron chi connectivity index (χ4n) is 2.49. The molecule has 3 aromatic rings. The van der Waals surface area contributed by atoms with Crippen LogP contribution < -0.4 is 0 Å². The molecule has 0 atom stereocenters. The number of rotatable bonds is 6.